The maximum absolute atomic E-state index is 9.46. The molecule has 0 aliphatic carbocycles. The van der Waals surface area contributed by atoms with Crippen molar-refractivity contribution >= 4 is 17.2 Å². The topological polar surface area (TPSA) is 32.7 Å². The van der Waals surface area contributed by atoms with Crippen LogP contribution >= 0.6 is 12.2 Å². The van der Waals surface area contributed by atoms with Gasteiger partial charge in [-0.1, -0.05) is 24.4 Å². The molecule has 0 spiro atoms. The number of hydrogen-bond acceptors (Lipinski definition) is 3. The van der Waals surface area contributed by atoms with Crippen molar-refractivity contribution in [2.45, 2.75) is 26.1 Å². The molecule has 0 unspecified atom stereocenters. The second kappa shape index (κ2) is 5.02. The van der Waals surface area contributed by atoms with Gasteiger partial charge in [0.25, 0.3) is 0 Å². The Morgan fingerprint density at radius 3 is 2.59 bits per heavy atom. The second-order valence-electron chi connectivity index (χ2n) is 4.52. The largest absolute Gasteiger partial charge is 0.508 e. The standard InChI is InChI=1S/C13H17NO2S/c1-9-7-14(8-10(2)16-9)13(17)11-4-3-5-12(15)6-11/h3-6,9-10,15H,7-8H2,1-2H3/t9-,10-/m0/s1. The summed E-state index contributed by atoms with van der Waals surface area (Å²) in [6.45, 7) is 5.71. The van der Waals surface area contributed by atoms with Crippen LogP contribution in [0.1, 0.15) is 19.4 Å². The SMILES string of the molecule is C[C@H]1CN(C(=S)c2cccc(O)c2)C[C@H](C)O1. The number of thiocarbonyl (C=S) groups is 1. The fourth-order valence-corrected chi connectivity index (χ4v) is 2.44. The van der Waals surface area contributed by atoms with E-state index in [9.17, 15) is 5.11 Å². The lowest BCUT2D eigenvalue weighted by atomic mass is 10.1. The number of hydrogen-bond donors (Lipinski definition) is 1. The van der Waals surface area contributed by atoms with E-state index in [4.69, 9.17) is 17.0 Å². The van der Waals surface area contributed by atoms with Gasteiger partial charge in [0.1, 0.15) is 10.7 Å². The van der Waals surface area contributed by atoms with Gasteiger partial charge in [-0.25, -0.2) is 0 Å². The second-order valence-corrected chi connectivity index (χ2v) is 4.90. The number of aromatic hydroxyl groups is 1. The number of benzene rings is 1. The molecule has 4 heteroatoms. The molecule has 1 aromatic rings. The van der Waals surface area contributed by atoms with Crippen LogP contribution in [-0.4, -0.2) is 40.3 Å². The van der Waals surface area contributed by atoms with Crippen LogP contribution in [0.3, 0.4) is 0 Å². The molecule has 2 atom stereocenters. The molecule has 1 heterocycles. The van der Waals surface area contributed by atoms with Gasteiger partial charge in [0.05, 0.1) is 12.2 Å². The zero-order chi connectivity index (χ0) is 12.4. The minimum Gasteiger partial charge on any atom is -0.508 e. The third kappa shape index (κ3) is 2.96. The van der Waals surface area contributed by atoms with Crippen molar-refractivity contribution in [2.75, 3.05) is 13.1 Å². The fourth-order valence-electron chi connectivity index (χ4n) is 2.17. The van der Waals surface area contributed by atoms with Crippen LogP contribution in [0.2, 0.25) is 0 Å². The number of nitrogens with zero attached hydrogens (tertiary/aromatic N) is 1. The zero-order valence-corrected chi connectivity index (χ0v) is 10.9. The Labute approximate surface area is 107 Å². The summed E-state index contributed by atoms with van der Waals surface area (Å²) in [4.78, 5) is 2.92. The predicted molar refractivity (Wildman–Crippen MR) is 71.4 cm³/mol. The molecule has 17 heavy (non-hydrogen) atoms. The van der Waals surface area contributed by atoms with Gasteiger partial charge in [0.15, 0.2) is 0 Å². The molecule has 0 amide bonds. The van der Waals surface area contributed by atoms with Crippen LogP contribution in [-0.2, 0) is 4.74 Å². The lowest BCUT2D eigenvalue weighted by molar-refractivity contribution is -0.0472. The van der Waals surface area contributed by atoms with E-state index in [0.717, 1.165) is 23.6 Å². The maximum atomic E-state index is 9.46. The Hall–Kier alpha value is -1.13. The highest BCUT2D eigenvalue weighted by atomic mass is 32.1. The highest BCUT2D eigenvalue weighted by molar-refractivity contribution is 7.80. The van der Waals surface area contributed by atoms with Crippen LogP contribution in [0.4, 0.5) is 0 Å². The Balaban J connectivity index is 2.14. The first-order valence-corrected chi connectivity index (χ1v) is 6.21. The smallest absolute Gasteiger partial charge is 0.116 e. The number of phenols is 1. The van der Waals surface area contributed by atoms with E-state index in [-0.39, 0.29) is 18.0 Å². The van der Waals surface area contributed by atoms with Gasteiger partial charge < -0.3 is 14.7 Å². The van der Waals surface area contributed by atoms with E-state index < -0.39 is 0 Å². The average Bonchev–Trinajstić information content (AvgIpc) is 2.26. The molecule has 2 rings (SSSR count). The quantitative estimate of drug-likeness (QED) is 0.775. The van der Waals surface area contributed by atoms with Gasteiger partial charge in [0, 0.05) is 18.7 Å². The molecular weight excluding hydrogens is 234 g/mol. The normalized spacial score (nSPS) is 24.7. The van der Waals surface area contributed by atoms with Crippen LogP contribution in [0.25, 0.3) is 0 Å². The first-order valence-electron chi connectivity index (χ1n) is 5.80. The van der Waals surface area contributed by atoms with Crippen molar-refractivity contribution in [1.29, 1.82) is 0 Å². The Kier molecular flexibility index (Phi) is 3.64. The number of morpholine rings is 1. The summed E-state index contributed by atoms with van der Waals surface area (Å²) >= 11 is 5.47. The molecule has 0 radical (unpaired) electrons. The predicted octanol–water partition coefficient (Wildman–Crippen LogP) is 2.18. The summed E-state index contributed by atoms with van der Waals surface area (Å²) in [5, 5.41) is 9.46. The van der Waals surface area contributed by atoms with Gasteiger partial charge in [0.2, 0.25) is 0 Å². The van der Waals surface area contributed by atoms with Crippen molar-refractivity contribution < 1.29 is 9.84 Å². The summed E-state index contributed by atoms with van der Waals surface area (Å²) in [7, 11) is 0. The molecule has 1 saturated heterocycles. The Morgan fingerprint density at radius 1 is 1.35 bits per heavy atom. The van der Waals surface area contributed by atoms with Gasteiger partial charge >= 0.3 is 0 Å². The van der Waals surface area contributed by atoms with Crippen molar-refractivity contribution in [1.82, 2.24) is 4.90 Å². The van der Waals surface area contributed by atoms with E-state index >= 15 is 0 Å². The fraction of sp³-hybridized carbons (Fsp3) is 0.462. The molecule has 1 fully saturated rings. The van der Waals surface area contributed by atoms with E-state index in [2.05, 4.69) is 4.90 Å². The van der Waals surface area contributed by atoms with Gasteiger partial charge in [-0.2, -0.15) is 0 Å². The van der Waals surface area contributed by atoms with Crippen LogP contribution < -0.4 is 0 Å². The summed E-state index contributed by atoms with van der Waals surface area (Å²) in [5.41, 5.74) is 0.890. The first kappa shape index (κ1) is 12.3. The number of phenolic OH excluding ortho intramolecular Hbond substituents is 1. The van der Waals surface area contributed by atoms with Gasteiger partial charge in [-0.05, 0) is 26.0 Å². The van der Waals surface area contributed by atoms with Crippen molar-refractivity contribution in [3.05, 3.63) is 29.8 Å². The van der Waals surface area contributed by atoms with E-state index in [1.54, 1.807) is 12.1 Å². The first-order chi connectivity index (χ1) is 8.06. The van der Waals surface area contributed by atoms with Crippen molar-refractivity contribution in [3.63, 3.8) is 0 Å². The minimum absolute atomic E-state index is 0.189. The third-order valence-electron chi connectivity index (χ3n) is 2.80. The molecule has 1 aliphatic heterocycles. The average molecular weight is 251 g/mol. The van der Waals surface area contributed by atoms with E-state index in [0.29, 0.717) is 0 Å². The molecule has 3 nitrogen and oxygen atoms in total. The molecule has 92 valence electrons. The van der Waals surface area contributed by atoms with Crippen molar-refractivity contribution in [2.24, 2.45) is 0 Å². The molecule has 0 saturated carbocycles. The van der Waals surface area contributed by atoms with Crippen LogP contribution in [0.15, 0.2) is 24.3 Å². The molecule has 0 bridgehead atoms. The van der Waals surface area contributed by atoms with Crippen molar-refractivity contribution in [3.8, 4) is 5.75 Å². The molecule has 1 aromatic carbocycles. The highest BCUT2D eigenvalue weighted by Gasteiger charge is 2.24. The molecule has 0 aromatic heterocycles. The Morgan fingerprint density at radius 2 is 2.00 bits per heavy atom. The number of ether oxygens (including phenoxy) is 1. The van der Waals surface area contributed by atoms with Gasteiger partial charge in [-0.3, -0.25) is 0 Å². The summed E-state index contributed by atoms with van der Waals surface area (Å²) in [6.07, 6.45) is 0.378. The highest BCUT2D eigenvalue weighted by Crippen LogP contribution is 2.17. The molecule has 1 aliphatic rings. The molecule has 1 N–H and O–H groups in total. The maximum Gasteiger partial charge on any atom is 0.116 e. The number of rotatable bonds is 1. The third-order valence-corrected chi connectivity index (χ3v) is 3.29. The lowest BCUT2D eigenvalue weighted by Crippen LogP contribution is -2.47. The summed E-state index contributed by atoms with van der Waals surface area (Å²) in [6, 6.07) is 7.08. The van der Waals surface area contributed by atoms with E-state index in [1.165, 1.54) is 0 Å². The molecular formula is C13H17NO2S. The Bertz CT molecular complexity index is 412. The zero-order valence-electron chi connectivity index (χ0n) is 10.1. The van der Waals surface area contributed by atoms with E-state index in [1.807, 2.05) is 26.0 Å². The minimum atomic E-state index is 0.189. The van der Waals surface area contributed by atoms with Crippen LogP contribution in [0, 0.1) is 0 Å². The summed E-state index contributed by atoms with van der Waals surface area (Å²) < 4.78 is 5.68. The monoisotopic (exact) mass is 251 g/mol. The summed E-state index contributed by atoms with van der Waals surface area (Å²) in [5.74, 6) is 0.249. The van der Waals surface area contributed by atoms with Gasteiger partial charge in [-0.15, -0.1) is 0 Å². The van der Waals surface area contributed by atoms with Crippen LogP contribution in [0.5, 0.6) is 5.75 Å². The lowest BCUT2D eigenvalue weighted by Gasteiger charge is -2.37.